The number of carbonyl (C=O) groups is 3. The van der Waals surface area contributed by atoms with Gasteiger partial charge in [-0.3, -0.25) is 19.3 Å². The maximum absolute atomic E-state index is 11.6. The van der Waals surface area contributed by atoms with Crippen molar-refractivity contribution < 1.29 is 19.1 Å². The van der Waals surface area contributed by atoms with E-state index < -0.39 is 17.7 Å². The highest BCUT2D eigenvalue weighted by Crippen LogP contribution is 1.91. The SMILES string of the molecule is CCOCCCNC(=O)C(=O)N(CCN)C(C)=O. The molecular weight excluding hydrogens is 238 g/mol. The third kappa shape index (κ3) is 6.31. The fraction of sp³-hybridized carbons (Fsp3) is 0.727. The first-order valence-corrected chi connectivity index (χ1v) is 5.92. The van der Waals surface area contributed by atoms with Crippen LogP contribution >= 0.6 is 0 Å². The Balaban J connectivity index is 4.07. The Morgan fingerprint density at radius 1 is 1.33 bits per heavy atom. The first kappa shape index (κ1) is 16.5. The summed E-state index contributed by atoms with van der Waals surface area (Å²) in [5, 5.41) is 2.43. The fourth-order valence-electron chi connectivity index (χ4n) is 1.25. The van der Waals surface area contributed by atoms with Crippen molar-refractivity contribution in [2.75, 3.05) is 32.8 Å². The van der Waals surface area contributed by atoms with E-state index in [2.05, 4.69) is 5.32 Å². The van der Waals surface area contributed by atoms with Crippen molar-refractivity contribution in [1.82, 2.24) is 10.2 Å². The van der Waals surface area contributed by atoms with Crippen molar-refractivity contribution in [1.29, 1.82) is 0 Å². The van der Waals surface area contributed by atoms with Gasteiger partial charge in [-0.25, -0.2) is 0 Å². The summed E-state index contributed by atoms with van der Waals surface area (Å²) in [4.78, 5) is 35.0. The van der Waals surface area contributed by atoms with Gasteiger partial charge in [-0.2, -0.15) is 0 Å². The summed E-state index contributed by atoms with van der Waals surface area (Å²) >= 11 is 0. The number of hydrogen-bond donors (Lipinski definition) is 2. The molecule has 0 rings (SSSR count). The lowest BCUT2D eigenvalue weighted by Crippen LogP contribution is -2.47. The quantitative estimate of drug-likeness (QED) is 0.444. The lowest BCUT2D eigenvalue weighted by Gasteiger charge is -2.17. The molecule has 0 heterocycles. The van der Waals surface area contributed by atoms with Gasteiger partial charge in [0.15, 0.2) is 0 Å². The van der Waals surface area contributed by atoms with E-state index in [-0.39, 0.29) is 13.1 Å². The zero-order chi connectivity index (χ0) is 14.0. The van der Waals surface area contributed by atoms with Crippen LogP contribution in [0, 0.1) is 0 Å². The van der Waals surface area contributed by atoms with E-state index in [0.29, 0.717) is 26.2 Å². The highest BCUT2D eigenvalue weighted by molar-refractivity contribution is 6.37. The van der Waals surface area contributed by atoms with Crippen LogP contribution in [0.4, 0.5) is 0 Å². The topological polar surface area (TPSA) is 102 Å². The number of hydrogen-bond acceptors (Lipinski definition) is 5. The number of nitrogens with zero attached hydrogens (tertiary/aromatic N) is 1. The van der Waals surface area contributed by atoms with Crippen molar-refractivity contribution in [3.8, 4) is 0 Å². The first-order chi connectivity index (χ1) is 8.54. The van der Waals surface area contributed by atoms with Gasteiger partial charge in [-0.15, -0.1) is 0 Å². The Kier molecular flexibility index (Phi) is 8.77. The summed E-state index contributed by atoms with van der Waals surface area (Å²) < 4.78 is 5.08. The zero-order valence-electron chi connectivity index (χ0n) is 10.9. The minimum atomic E-state index is -0.871. The molecule has 0 aromatic heterocycles. The first-order valence-electron chi connectivity index (χ1n) is 5.92. The van der Waals surface area contributed by atoms with Crippen LogP contribution in [0.3, 0.4) is 0 Å². The Labute approximate surface area is 107 Å². The van der Waals surface area contributed by atoms with Crippen LogP contribution in [0.1, 0.15) is 20.3 Å². The van der Waals surface area contributed by atoms with Crippen LogP contribution in [0.2, 0.25) is 0 Å². The maximum Gasteiger partial charge on any atom is 0.318 e. The van der Waals surface area contributed by atoms with Gasteiger partial charge in [0.25, 0.3) is 0 Å². The third-order valence-electron chi connectivity index (χ3n) is 2.13. The average Bonchev–Trinajstić information content (AvgIpc) is 2.34. The second-order valence-corrected chi connectivity index (χ2v) is 3.57. The van der Waals surface area contributed by atoms with E-state index in [1.807, 2.05) is 6.92 Å². The van der Waals surface area contributed by atoms with Crippen LogP contribution < -0.4 is 11.1 Å². The largest absolute Gasteiger partial charge is 0.382 e. The molecule has 18 heavy (non-hydrogen) atoms. The van der Waals surface area contributed by atoms with E-state index in [1.165, 1.54) is 6.92 Å². The Hall–Kier alpha value is -1.47. The molecule has 0 saturated heterocycles. The summed E-state index contributed by atoms with van der Waals surface area (Å²) in [7, 11) is 0. The maximum atomic E-state index is 11.6. The van der Waals surface area contributed by atoms with Crippen LogP contribution in [0.15, 0.2) is 0 Å². The van der Waals surface area contributed by atoms with E-state index in [0.717, 1.165) is 4.90 Å². The summed E-state index contributed by atoms with van der Waals surface area (Å²) in [6.07, 6.45) is 0.615. The van der Waals surface area contributed by atoms with Gasteiger partial charge in [0.2, 0.25) is 5.91 Å². The van der Waals surface area contributed by atoms with Gasteiger partial charge in [0.1, 0.15) is 0 Å². The lowest BCUT2D eigenvalue weighted by atomic mass is 10.4. The molecule has 7 heteroatoms. The second-order valence-electron chi connectivity index (χ2n) is 3.57. The minimum absolute atomic E-state index is 0.0422. The number of ether oxygens (including phenoxy) is 1. The van der Waals surface area contributed by atoms with Gasteiger partial charge in [0, 0.05) is 39.8 Å². The smallest absolute Gasteiger partial charge is 0.318 e. The highest BCUT2D eigenvalue weighted by Gasteiger charge is 2.23. The van der Waals surface area contributed by atoms with E-state index in [1.54, 1.807) is 0 Å². The fourth-order valence-corrected chi connectivity index (χ4v) is 1.25. The molecule has 3 N–H and O–H groups in total. The molecule has 0 aromatic rings. The predicted octanol–water partition coefficient (Wildman–Crippen LogP) is -1.14. The molecule has 0 aliphatic carbocycles. The van der Waals surface area contributed by atoms with Crippen molar-refractivity contribution in [2.45, 2.75) is 20.3 Å². The number of imide groups is 1. The van der Waals surface area contributed by atoms with Gasteiger partial charge in [0.05, 0.1) is 0 Å². The van der Waals surface area contributed by atoms with E-state index in [4.69, 9.17) is 10.5 Å². The molecule has 0 saturated carbocycles. The van der Waals surface area contributed by atoms with Crippen LogP contribution in [-0.4, -0.2) is 55.5 Å². The molecule has 0 unspecified atom stereocenters. The number of carbonyl (C=O) groups excluding carboxylic acids is 3. The highest BCUT2D eigenvalue weighted by atomic mass is 16.5. The monoisotopic (exact) mass is 259 g/mol. The van der Waals surface area contributed by atoms with Crippen LogP contribution in [0.25, 0.3) is 0 Å². The van der Waals surface area contributed by atoms with Gasteiger partial charge < -0.3 is 15.8 Å². The molecule has 0 aromatic carbocycles. The van der Waals surface area contributed by atoms with Crippen LogP contribution in [-0.2, 0) is 19.1 Å². The molecule has 0 bridgehead atoms. The average molecular weight is 259 g/mol. The lowest BCUT2D eigenvalue weighted by molar-refractivity contribution is -0.151. The van der Waals surface area contributed by atoms with Gasteiger partial charge >= 0.3 is 11.8 Å². The van der Waals surface area contributed by atoms with Crippen molar-refractivity contribution in [2.24, 2.45) is 5.73 Å². The summed E-state index contributed by atoms with van der Waals surface area (Å²) in [6, 6.07) is 0. The molecule has 7 nitrogen and oxygen atoms in total. The predicted molar refractivity (Wildman–Crippen MR) is 65.6 cm³/mol. The van der Waals surface area contributed by atoms with Crippen molar-refractivity contribution in [3.05, 3.63) is 0 Å². The Bertz CT molecular complexity index is 294. The number of nitrogens with two attached hydrogens (primary N) is 1. The number of amides is 3. The zero-order valence-corrected chi connectivity index (χ0v) is 10.9. The van der Waals surface area contributed by atoms with Gasteiger partial charge in [-0.05, 0) is 13.3 Å². The molecule has 0 atom stereocenters. The van der Waals surface area contributed by atoms with E-state index in [9.17, 15) is 14.4 Å². The Morgan fingerprint density at radius 2 is 2.00 bits per heavy atom. The molecule has 0 aliphatic rings. The normalized spacial score (nSPS) is 9.94. The summed E-state index contributed by atoms with van der Waals surface area (Å²) in [5.41, 5.74) is 5.27. The summed E-state index contributed by atoms with van der Waals surface area (Å²) in [5.74, 6) is -2.16. The van der Waals surface area contributed by atoms with Crippen molar-refractivity contribution >= 4 is 17.7 Å². The second kappa shape index (κ2) is 9.55. The van der Waals surface area contributed by atoms with Gasteiger partial charge in [-0.1, -0.05) is 0 Å². The minimum Gasteiger partial charge on any atom is -0.382 e. The molecule has 0 aliphatic heterocycles. The molecule has 104 valence electrons. The molecule has 0 radical (unpaired) electrons. The molecule has 0 fully saturated rings. The summed E-state index contributed by atoms with van der Waals surface area (Å²) in [6.45, 7) is 4.73. The molecule has 0 spiro atoms. The molecular formula is C11H21N3O4. The standard InChI is InChI=1S/C11H21N3O4/c1-3-18-8-4-6-13-10(16)11(17)14(7-5-12)9(2)15/h3-8,12H2,1-2H3,(H,13,16). The third-order valence-corrected chi connectivity index (χ3v) is 2.13. The van der Waals surface area contributed by atoms with Crippen molar-refractivity contribution in [3.63, 3.8) is 0 Å². The Morgan fingerprint density at radius 3 is 2.50 bits per heavy atom. The molecule has 3 amide bonds. The number of rotatable bonds is 7. The van der Waals surface area contributed by atoms with E-state index >= 15 is 0 Å². The number of nitrogens with one attached hydrogen (secondary N) is 1. The van der Waals surface area contributed by atoms with Crippen LogP contribution in [0.5, 0.6) is 0 Å².